The van der Waals surface area contributed by atoms with E-state index >= 15 is 0 Å². The van der Waals surface area contributed by atoms with Crippen molar-refractivity contribution in [3.05, 3.63) is 60.2 Å². The summed E-state index contributed by atoms with van der Waals surface area (Å²) in [5, 5.41) is 0. The molecular weight excluding hydrogens is 308 g/mol. The number of aromatic nitrogens is 2. The van der Waals surface area contributed by atoms with Crippen LogP contribution in [0, 0.1) is 11.8 Å². The second kappa shape index (κ2) is 10.3. The van der Waals surface area contributed by atoms with Crippen molar-refractivity contribution < 1.29 is 4.74 Å². The maximum absolute atomic E-state index is 6.60. The summed E-state index contributed by atoms with van der Waals surface area (Å²) < 4.78 is 6.60. The molecule has 136 valence electrons. The van der Waals surface area contributed by atoms with Crippen LogP contribution in [0.3, 0.4) is 0 Å². The first-order valence-electron chi connectivity index (χ1n) is 9.53. The highest BCUT2D eigenvalue weighted by Crippen LogP contribution is 2.32. The van der Waals surface area contributed by atoms with Gasteiger partial charge in [-0.3, -0.25) is 9.97 Å². The molecule has 0 amide bonds. The average Bonchev–Trinajstić information content (AvgIpc) is 2.62. The lowest BCUT2D eigenvalue weighted by molar-refractivity contribution is -0.0328. The van der Waals surface area contributed by atoms with Crippen molar-refractivity contribution in [2.24, 2.45) is 11.8 Å². The molecule has 0 aliphatic carbocycles. The van der Waals surface area contributed by atoms with Gasteiger partial charge in [0.05, 0.1) is 11.4 Å². The van der Waals surface area contributed by atoms with Crippen molar-refractivity contribution in [3.8, 4) is 0 Å². The van der Waals surface area contributed by atoms with Gasteiger partial charge in [0.1, 0.15) is 12.2 Å². The van der Waals surface area contributed by atoms with E-state index in [0.717, 1.165) is 37.1 Å². The largest absolute Gasteiger partial charge is 0.362 e. The minimum atomic E-state index is 0.0165. The van der Waals surface area contributed by atoms with Crippen molar-refractivity contribution in [1.82, 2.24) is 9.97 Å². The molecule has 0 fully saturated rings. The van der Waals surface area contributed by atoms with E-state index in [9.17, 15) is 0 Å². The Hall–Kier alpha value is -1.74. The van der Waals surface area contributed by atoms with Gasteiger partial charge >= 0.3 is 0 Å². The van der Waals surface area contributed by atoms with E-state index < -0.39 is 0 Å². The molecule has 2 atom stereocenters. The normalized spacial score (nSPS) is 14.0. The highest BCUT2D eigenvalue weighted by molar-refractivity contribution is 5.10. The molecule has 0 aliphatic rings. The van der Waals surface area contributed by atoms with Crippen LogP contribution in [-0.4, -0.2) is 9.97 Å². The lowest BCUT2D eigenvalue weighted by Gasteiger charge is -2.25. The third-order valence-electron chi connectivity index (χ3n) is 4.38. The second-order valence-electron chi connectivity index (χ2n) is 7.56. The summed E-state index contributed by atoms with van der Waals surface area (Å²) in [6, 6.07) is 12.1. The van der Waals surface area contributed by atoms with Gasteiger partial charge < -0.3 is 4.74 Å². The van der Waals surface area contributed by atoms with Crippen LogP contribution in [0.15, 0.2) is 48.8 Å². The van der Waals surface area contributed by atoms with Gasteiger partial charge in [-0.2, -0.15) is 0 Å². The molecule has 0 radical (unpaired) electrons. The first-order chi connectivity index (χ1) is 12.1. The van der Waals surface area contributed by atoms with Gasteiger partial charge in [-0.15, -0.1) is 0 Å². The number of hydrogen-bond donors (Lipinski definition) is 0. The Labute approximate surface area is 152 Å². The van der Waals surface area contributed by atoms with Gasteiger partial charge in [0.2, 0.25) is 0 Å². The van der Waals surface area contributed by atoms with E-state index in [1.165, 1.54) is 0 Å². The Kier molecular flexibility index (Phi) is 8.07. The van der Waals surface area contributed by atoms with E-state index in [1.807, 2.05) is 36.7 Å². The van der Waals surface area contributed by atoms with Crippen molar-refractivity contribution >= 4 is 0 Å². The third-order valence-corrected chi connectivity index (χ3v) is 4.38. The molecule has 2 unspecified atom stereocenters. The monoisotopic (exact) mass is 340 g/mol. The van der Waals surface area contributed by atoms with Crippen molar-refractivity contribution in [1.29, 1.82) is 0 Å². The number of pyridine rings is 2. The van der Waals surface area contributed by atoms with Crippen LogP contribution in [-0.2, 0) is 4.74 Å². The molecule has 3 nitrogen and oxygen atoms in total. The lowest BCUT2D eigenvalue weighted by Crippen LogP contribution is -2.14. The van der Waals surface area contributed by atoms with Crippen LogP contribution < -0.4 is 0 Å². The lowest BCUT2D eigenvalue weighted by atomic mass is 10.00. The Morgan fingerprint density at radius 2 is 1.12 bits per heavy atom. The van der Waals surface area contributed by atoms with Gasteiger partial charge in [-0.1, -0.05) is 39.8 Å². The van der Waals surface area contributed by atoms with Crippen LogP contribution in [0.4, 0.5) is 0 Å². The minimum Gasteiger partial charge on any atom is -0.362 e. The number of hydrogen-bond acceptors (Lipinski definition) is 3. The quantitative estimate of drug-likeness (QED) is 0.520. The Morgan fingerprint density at radius 1 is 0.680 bits per heavy atom. The van der Waals surface area contributed by atoms with Crippen LogP contribution in [0.5, 0.6) is 0 Å². The predicted molar refractivity (Wildman–Crippen MR) is 103 cm³/mol. The zero-order valence-corrected chi connectivity index (χ0v) is 16.1. The number of ether oxygens (including phenoxy) is 1. The van der Waals surface area contributed by atoms with Crippen LogP contribution in [0.25, 0.3) is 0 Å². The molecule has 0 aliphatic heterocycles. The molecule has 2 heterocycles. The first kappa shape index (κ1) is 19.6. The van der Waals surface area contributed by atoms with Gasteiger partial charge in [0, 0.05) is 12.4 Å². The van der Waals surface area contributed by atoms with E-state index in [-0.39, 0.29) is 12.2 Å². The fourth-order valence-corrected chi connectivity index (χ4v) is 2.87. The molecule has 2 aromatic heterocycles. The molecule has 0 bridgehead atoms. The Balaban J connectivity index is 2.17. The highest BCUT2D eigenvalue weighted by Gasteiger charge is 2.22. The Morgan fingerprint density at radius 3 is 1.44 bits per heavy atom. The van der Waals surface area contributed by atoms with E-state index in [4.69, 9.17) is 4.74 Å². The maximum Gasteiger partial charge on any atom is 0.100 e. The molecular formula is C22H32N2O. The van der Waals surface area contributed by atoms with Crippen LogP contribution >= 0.6 is 0 Å². The highest BCUT2D eigenvalue weighted by atomic mass is 16.5. The maximum atomic E-state index is 6.60. The first-order valence-corrected chi connectivity index (χ1v) is 9.53. The summed E-state index contributed by atoms with van der Waals surface area (Å²) >= 11 is 0. The third kappa shape index (κ3) is 6.95. The summed E-state index contributed by atoms with van der Waals surface area (Å²) in [5.74, 6) is 1.30. The number of nitrogens with zero attached hydrogens (tertiary/aromatic N) is 2. The van der Waals surface area contributed by atoms with Gasteiger partial charge in [-0.25, -0.2) is 0 Å². The summed E-state index contributed by atoms with van der Waals surface area (Å²) in [6.45, 7) is 9.02. The molecule has 25 heavy (non-hydrogen) atoms. The minimum absolute atomic E-state index is 0.0165. The zero-order chi connectivity index (χ0) is 18.1. The molecule has 0 saturated heterocycles. The standard InChI is InChI=1S/C22H32N2O/c1-17(2)11-13-21(19-9-5-7-15-23-19)25-22(14-12-18(3)4)20-10-6-8-16-24-20/h5-10,15-18,21-22H,11-14H2,1-4H3. The summed E-state index contributed by atoms with van der Waals surface area (Å²) in [4.78, 5) is 9.11. The van der Waals surface area contributed by atoms with Gasteiger partial charge in [0.15, 0.2) is 0 Å². The predicted octanol–water partition coefficient (Wildman–Crippen LogP) is 6.15. The van der Waals surface area contributed by atoms with Crippen molar-refractivity contribution in [2.45, 2.75) is 65.6 Å². The smallest absolute Gasteiger partial charge is 0.100 e. The fraction of sp³-hybridized carbons (Fsp3) is 0.545. The second-order valence-corrected chi connectivity index (χ2v) is 7.56. The molecule has 0 N–H and O–H groups in total. The molecule has 0 spiro atoms. The number of rotatable bonds is 10. The molecule has 2 rings (SSSR count). The molecule has 3 heteroatoms. The molecule has 0 saturated carbocycles. The van der Waals surface area contributed by atoms with Crippen LogP contribution in [0.1, 0.15) is 77.0 Å². The van der Waals surface area contributed by atoms with Gasteiger partial charge in [-0.05, 0) is 61.8 Å². The summed E-state index contributed by atoms with van der Waals surface area (Å²) in [7, 11) is 0. The zero-order valence-electron chi connectivity index (χ0n) is 16.1. The van der Waals surface area contributed by atoms with Crippen molar-refractivity contribution in [3.63, 3.8) is 0 Å². The van der Waals surface area contributed by atoms with Gasteiger partial charge in [0.25, 0.3) is 0 Å². The van der Waals surface area contributed by atoms with E-state index in [2.05, 4.69) is 49.8 Å². The summed E-state index contributed by atoms with van der Waals surface area (Å²) in [5.41, 5.74) is 2.04. The SMILES string of the molecule is CC(C)CCC(OC(CCC(C)C)c1ccccn1)c1ccccn1. The van der Waals surface area contributed by atoms with Crippen molar-refractivity contribution in [2.75, 3.05) is 0 Å². The topological polar surface area (TPSA) is 35.0 Å². The Bertz CT molecular complexity index is 530. The van der Waals surface area contributed by atoms with Crippen LogP contribution in [0.2, 0.25) is 0 Å². The summed E-state index contributed by atoms with van der Waals surface area (Å²) in [6.07, 6.45) is 7.96. The average molecular weight is 341 g/mol. The van der Waals surface area contributed by atoms with E-state index in [0.29, 0.717) is 11.8 Å². The fourth-order valence-electron chi connectivity index (χ4n) is 2.87. The van der Waals surface area contributed by atoms with E-state index in [1.54, 1.807) is 0 Å². The molecule has 2 aromatic rings. The molecule has 0 aromatic carbocycles.